The molecule has 0 bridgehead atoms. The van der Waals surface area contributed by atoms with Gasteiger partial charge in [-0.3, -0.25) is 4.79 Å². The van der Waals surface area contributed by atoms with Gasteiger partial charge in [-0.2, -0.15) is 0 Å². The van der Waals surface area contributed by atoms with Crippen LogP contribution in [0.15, 0.2) is 53.7 Å². The lowest BCUT2D eigenvalue weighted by Gasteiger charge is -2.08. The summed E-state index contributed by atoms with van der Waals surface area (Å²) in [6.45, 7) is 7.77. The minimum atomic E-state index is 0.133. The molecule has 33 heavy (non-hydrogen) atoms. The number of thioether (sulfide) groups is 1. The average Bonchev–Trinajstić information content (AvgIpc) is 3.12. The van der Waals surface area contributed by atoms with Crippen LogP contribution < -0.4 is 5.32 Å². The highest BCUT2D eigenvalue weighted by atomic mass is 32.2. The van der Waals surface area contributed by atoms with Crippen molar-refractivity contribution in [2.24, 2.45) is 5.92 Å². The van der Waals surface area contributed by atoms with Gasteiger partial charge in [-0.15, -0.1) is 10.2 Å². The number of benzene rings is 2. The van der Waals surface area contributed by atoms with Crippen molar-refractivity contribution in [2.75, 3.05) is 12.3 Å². The van der Waals surface area contributed by atoms with E-state index in [0.29, 0.717) is 17.5 Å². The molecule has 0 unspecified atom stereocenters. The van der Waals surface area contributed by atoms with Crippen LogP contribution in [-0.4, -0.2) is 38.0 Å². The number of carbonyl (C=O) groups is 1. The number of para-hydroxylation sites is 1. The van der Waals surface area contributed by atoms with Gasteiger partial charge in [0.2, 0.25) is 11.1 Å². The number of hydrogen-bond donors (Lipinski definition) is 1. The first kappa shape index (κ1) is 23.2. The van der Waals surface area contributed by atoms with Crippen LogP contribution in [0, 0.1) is 12.8 Å². The Morgan fingerprint density at radius 3 is 2.64 bits per heavy atom. The van der Waals surface area contributed by atoms with E-state index in [4.69, 9.17) is 4.98 Å². The van der Waals surface area contributed by atoms with Crippen LogP contribution in [0.25, 0.3) is 22.1 Å². The fourth-order valence-electron chi connectivity index (χ4n) is 3.74. The minimum Gasteiger partial charge on any atom is -0.356 e. The van der Waals surface area contributed by atoms with E-state index in [-0.39, 0.29) is 5.91 Å². The summed E-state index contributed by atoms with van der Waals surface area (Å²) < 4.78 is 2.23. The molecule has 0 atom stereocenters. The SMILES string of the molecule is Cc1ccc(Cn2c3ccccc3c3nnc(SCCCCC(=O)NCC(C)C)nc32)cc1. The van der Waals surface area contributed by atoms with Gasteiger partial charge in [0.1, 0.15) is 5.52 Å². The molecule has 2 heterocycles. The number of amides is 1. The third-order valence-electron chi connectivity index (χ3n) is 5.55. The Hall–Kier alpha value is -2.93. The van der Waals surface area contributed by atoms with E-state index >= 15 is 0 Å². The minimum absolute atomic E-state index is 0.133. The van der Waals surface area contributed by atoms with Crippen molar-refractivity contribution in [1.29, 1.82) is 0 Å². The third-order valence-corrected chi connectivity index (χ3v) is 6.48. The number of fused-ring (bicyclic) bond motifs is 3. The van der Waals surface area contributed by atoms with Crippen molar-refractivity contribution in [2.45, 2.75) is 51.7 Å². The van der Waals surface area contributed by atoms with E-state index in [9.17, 15) is 4.79 Å². The molecule has 2 aromatic carbocycles. The molecule has 4 rings (SSSR count). The molecule has 1 amide bonds. The molecule has 0 aliphatic carbocycles. The zero-order valence-corrected chi connectivity index (χ0v) is 20.4. The first-order chi connectivity index (χ1) is 16.0. The molecular weight excluding hydrogens is 430 g/mol. The van der Waals surface area contributed by atoms with Crippen molar-refractivity contribution < 1.29 is 4.79 Å². The summed E-state index contributed by atoms with van der Waals surface area (Å²) in [5, 5.41) is 13.6. The first-order valence-electron chi connectivity index (χ1n) is 11.6. The van der Waals surface area contributed by atoms with Gasteiger partial charge in [0.15, 0.2) is 5.65 Å². The monoisotopic (exact) mass is 461 g/mol. The predicted octanol–water partition coefficient (Wildman–Crippen LogP) is 5.37. The maximum Gasteiger partial charge on any atom is 0.220 e. The summed E-state index contributed by atoms with van der Waals surface area (Å²) in [5.41, 5.74) is 5.29. The van der Waals surface area contributed by atoms with Crippen LogP contribution in [0.1, 0.15) is 44.2 Å². The third kappa shape index (κ3) is 5.90. The second-order valence-electron chi connectivity index (χ2n) is 8.86. The summed E-state index contributed by atoms with van der Waals surface area (Å²) in [5.74, 6) is 1.47. The number of nitrogens with zero attached hydrogens (tertiary/aromatic N) is 4. The summed E-state index contributed by atoms with van der Waals surface area (Å²) in [4.78, 5) is 16.7. The van der Waals surface area contributed by atoms with Gasteiger partial charge in [0.25, 0.3) is 0 Å². The van der Waals surface area contributed by atoms with Crippen molar-refractivity contribution in [3.63, 3.8) is 0 Å². The summed E-state index contributed by atoms with van der Waals surface area (Å²) in [7, 11) is 0. The fraction of sp³-hybridized carbons (Fsp3) is 0.385. The zero-order chi connectivity index (χ0) is 23.2. The fourth-order valence-corrected chi connectivity index (χ4v) is 4.52. The highest BCUT2D eigenvalue weighted by molar-refractivity contribution is 7.99. The van der Waals surface area contributed by atoms with Crippen molar-refractivity contribution in [1.82, 2.24) is 25.1 Å². The smallest absolute Gasteiger partial charge is 0.220 e. The van der Waals surface area contributed by atoms with Crippen LogP contribution in [-0.2, 0) is 11.3 Å². The molecule has 172 valence electrons. The molecule has 0 fully saturated rings. The Balaban J connectivity index is 1.45. The van der Waals surface area contributed by atoms with Gasteiger partial charge < -0.3 is 9.88 Å². The normalized spacial score (nSPS) is 11.5. The first-order valence-corrected chi connectivity index (χ1v) is 12.6. The lowest BCUT2D eigenvalue weighted by atomic mass is 10.1. The number of hydrogen-bond acceptors (Lipinski definition) is 5. The standard InChI is InChI=1S/C26H31N5OS/c1-18(2)16-27-23(32)10-6-7-15-33-26-28-25-24(29-30-26)21-8-4-5-9-22(21)31(25)17-20-13-11-19(3)12-14-20/h4-5,8-9,11-14,18H,6-7,10,15-17H2,1-3H3,(H,27,32). The molecule has 1 N–H and O–H groups in total. The Labute approximate surface area is 199 Å². The van der Waals surface area contributed by atoms with Gasteiger partial charge in [-0.05, 0) is 37.3 Å². The van der Waals surface area contributed by atoms with Crippen molar-refractivity contribution in [3.8, 4) is 0 Å². The van der Waals surface area contributed by atoms with Crippen LogP contribution in [0.3, 0.4) is 0 Å². The molecule has 0 radical (unpaired) electrons. The number of rotatable bonds is 10. The number of unbranched alkanes of at least 4 members (excludes halogenated alkanes) is 1. The van der Waals surface area contributed by atoms with E-state index in [1.54, 1.807) is 11.8 Å². The lowest BCUT2D eigenvalue weighted by Crippen LogP contribution is -2.26. The number of aryl methyl sites for hydroxylation is 1. The quantitative estimate of drug-likeness (QED) is 0.254. The second kappa shape index (κ2) is 10.8. The molecule has 7 heteroatoms. The molecule has 0 aliphatic rings. The molecule has 4 aromatic rings. The Kier molecular flexibility index (Phi) is 7.60. The molecular formula is C26H31N5OS. The van der Waals surface area contributed by atoms with E-state index in [1.165, 1.54) is 11.1 Å². The van der Waals surface area contributed by atoms with E-state index in [2.05, 4.69) is 77.3 Å². The van der Waals surface area contributed by atoms with Gasteiger partial charge in [-0.25, -0.2) is 4.98 Å². The zero-order valence-electron chi connectivity index (χ0n) is 19.5. The topological polar surface area (TPSA) is 72.7 Å². The maximum atomic E-state index is 11.9. The lowest BCUT2D eigenvalue weighted by molar-refractivity contribution is -0.121. The Bertz CT molecular complexity index is 1230. The Morgan fingerprint density at radius 2 is 1.85 bits per heavy atom. The van der Waals surface area contributed by atoms with Gasteiger partial charge >= 0.3 is 0 Å². The number of carbonyl (C=O) groups excluding carboxylic acids is 1. The van der Waals surface area contributed by atoms with Crippen molar-refractivity contribution >= 4 is 39.7 Å². The average molecular weight is 462 g/mol. The largest absolute Gasteiger partial charge is 0.356 e. The van der Waals surface area contributed by atoms with E-state index in [0.717, 1.165) is 53.8 Å². The van der Waals surface area contributed by atoms with Gasteiger partial charge in [0, 0.05) is 30.6 Å². The predicted molar refractivity (Wildman–Crippen MR) is 136 cm³/mol. The number of nitrogens with one attached hydrogen (secondary N) is 1. The van der Waals surface area contributed by atoms with Crippen LogP contribution in [0.5, 0.6) is 0 Å². The summed E-state index contributed by atoms with van der Waals surface area (Å²) in [6.07, 6.45) is 2.37. The second-order valence-corrected chi connectivity index (χ2v) is 9.92. The van der Waals surface area contributed by atoms with Crippen LogP contribution >= 0.6 is 11.8 Å². The maximum absolute atomic E-state index is 11.9. The van der Waals surface area contributed by atoms with Crippen LogP contribution in [0.2, 0.25) is 0 Å². The molecule has 6 nitrogen and oxygen atoms in total. The molecule has 2 aromatic heterocycles. The number of aromatic nitrogens is 4. The molecule has 0 saturated carbocycles. The summed E-state index contributed by atoms with van der Waals surface area (Å²) >= 11 is 1.60. The van der Waals surface area contributed by atoms with Gasteiger partial charge in [0.05, 0.1) is 5.52 Å². The van der Waals surface area contributed by atoms with Gasteiger partial charge in [-0.1, -0.05) is 73.6 Å². The van der Waals surface area contributed by atoms with Crippen LogP contribution in [0.4, 0.5) is 0 Å². The summed E-state index contributed by atoms with van der Waals surface area (Å²) in [6, 6.07) is 16.9. The molecule has 0 saturated heterocycles. The Morgan fingerprint density at radius 1 is 1.06 bits per heavy atom. The highest BCUT2D eigenvalue weighted by Gasteiger charge is 2.15. The van der Waals surface area contributed by atoms with E-state index in [1.807, 2.05) is 12.1 Å². The molecule has 0 spiro atoms. The van der Waals surface area contributed by atoms with E-state index < -0.39 is 0 Å². The van der Waals surface area contributed by atoms with Crippen molar-refractivity contribution in [3.05, 3.63) is 59.7 Å². The molecule has 0 aliphatic heterocycles. The highest BCUT2D eigenvalue weighted by Crippen LogP contribution is 2.28.